The Morgan fingerprint density at radius 3 is 2.83 bits per heavy atom. The average molecular weight is 251 g/mol. The number of nitrogens with one attached hydrogen (secondary N) is 1. The normalized spacial score (nSPS) is 10.4. The molecule has 0 amide bonds. The number of nitrogens with zero attached hydrogens (tertiary/aromatic N) is 1. The highest BCUT2D eigenvalue weighted by Crippen LogP contribution is 2.18. The zero-order chi connectivity index (χ0) is 13.5. The Morgan fingerprint density at radius 1 is 1.50 bits per heavy atom. The summed E-state index contributed by atoms with van der Waals surface area (Å²) in [5, 5.41) is 3.25. The Kier molecular flexibility index (Phi) is 5.45. The number of carbonyl (C=O) groups is 1. The van der Waals surface area contributed by atoms with E-state index in [9.17, 15) is 4.79 Å². The van der Waals surface area contributed by atoms with E-state index in [-0.39, 0.29) is 0 Å². The van der Waals surface area contributed by atoms with E-state index in [0.29, 0.717) is 11.3 Å². The summed E-state index contributed by atoms with van der Waals surface area (Å²) in [5.41, 5.74) is 7.42. The van der Waals surface area contributed by atoms with Gasteiger partial charge >= 0.3 is 5.97 Å². The molecule has 0 aromatic heterocycles. The molecule has 18 heavy (non-hydrogen) atoms. The minimum absolute atomic E-state index is 0.395. The van der Waals surface area contributed by atoms with Gasteiger partial charge in [0, 0.05) is 24.5 Å². The van der Waals surface area contributed by atoms with Crippen molar-refractivity contribution in [1.82, 2.24) is 4.90 Å². The van der Waals surface area contributed by atoms with Crippen LogP contribution < -0.4 is 11.1 Å². The first kappa shape index (κ1) is 14.3. The minimum atomic E-state index is -0.415. The van der Waals surface area contributed by atoms with Gasteiger partial charge in [0.15, 0.2) is 0 Å². The maximum atomic E-state index is 11.5. The maximum absolute atomic E-state index is 11.5. The topological polar surface area (TPSA) is 67.6 Å². The van der Waals surface area contributed by atoms with Crippen LogP contribution in [0.15, 0.2) is 18.2 Å². The number of likely N-dealkylation sites (N-methyl/N-ethyl adjacent to an activating group) is 1. The summed E-state index contributed by atoms with van der Waals surface area (Å²) in [6, 6.07) is 5.28. The quantitative estimate of drug-likeness (QED) is 0.591. The van der Waals surface area contributed by atoms with Crippen LogP contribution in [0.5, 0.6) is 0 Å². The molecule has 3 N–H and O–H groups in total. The highest BCUT2D eigenvalue weighted by molar-refractivity contribution is 5.96. The molecule has 0 bridgehead atoms. The molecule has 5 nitrogen and oxygen atoms in total. The van der Waals surface area contributed by atoms with Gasteiger partial charge in [0.2, 0.25) is 0 Å². The van der Waals surface area contributed by atoms with Crippen molar-refractivity contribution in [2.75, 3.05) is 44.8 Å². The van der Waals surface area contributed by atoms with Gasteiger partial charge in [0.05, 0.1) is 12.7 Å². The lowest BCUT2D eigenvalue weighted by atomic mass is 10.1. The van der Waals surface area contributed by atoms with E-state index in [2.05, 4.69) is 28.9 Å². The van der Waals surface area contributed by atoms with Crippen molar-refractivity contribution >= 4 is 17.3 Å². The zero-order valence-corrected chi connectivity index (χ0v) is 11.2. The second kappa shape index (κ2) is 6.86. The first-order chi connectivity index (χ1) is 8.58. The van der Waals surface area contributed by atoms with E-state index >= 15 is 0 Å². The molecule has 0 spiro atoms. The van der Waals surface area contributed by atoms with Crippen LogP contribution in [0.1, 0.15) is 17.3 Å². The second-order valence-corrected chi connectivity index (χ2v) is 4.12. The highest BCUT2D eigenvalue weighted by Gasteiger charge is 2.10. The third-order valence-electron chi connectivity index (χ3n) is 2.82. The molecule has 0 fully saturated rings. The van der Waals surface area contributed by atoms with Crippen LogP contribution in [0.2, 0.25) is 0 Å². The molecule has 0 saturated heterocycles. The summed E-state index contributed by atoms with van der Waals surface area (Å²) >= 11 is 0. The fourth-order valence-corrected chi connectivity index (χ4v) is 1.50. The van der Waals surface area contributed by atoms with Gasteiger partial charge in [0.1, 0.15) is 0 Å². The van der Waals surface area contributed by atoms with Gasteiger partial charge in [-0.3, -0.25) is 0 Å². The van der Waals surface area contributed by atoms with Crippen molar-refractivity contribution in [3.05, 3.63) is 23.8 Å². The summed E-state index contributed by atoms with van der Waals surface area (Å²) in [7, 11) is 3.41. The number of nitrogen functional groups attached to an aromatic ring is 1. The predicted molar refractivity (Wildman–Crippen MR) is 73.9 cm³/mol. The van der Waals surface area contributed by atoms with Crippen molar-refractivity contribution in [1.29, 1.82) is 0 Å². The van der Waals surface area contributed by atoms with Crippen molar-refractivity contribution in [3.63, 3.8) is 0 Å². The molecule has 1 aromatic rings. The van der Waals surface area contributed by atoms with Crippen LogP contribution in [-0.2, 0) is 4.74 Å². The lowest BCUT2D eigenvalue weighted by molar-refractivity contribution is 0.0602. The van der Waals surface area contributed by atoms with Crippen molar-refractivity contribution in [3.8, 4) is 0 Å². The molecule has 0 saturated carbocycles. The summed E-state index contributed by atoms with van der Waals surface area (Å²) in [6.45, 7) is 4.87. The molecule has 5 heteroatoms. The summed E-state index contributed by atoms with van der Waals surface area (Å²) in [5.74, 6) is -0.415. The number of hydrogen-bond acceptors (Lipinski definition) is 5. The van der Waals surface area contributed by atoms with Crippen LogP contribution in [0.4, 0.5) is 11.4 Å². The van der Waals surface area contributed by atoms with Crippen LogP contribution >= 0.6 is 0 Å². The van der Waals surface area contributed by atoms with E-state index < -0.39 is 5.97 Å². The van der Waals surface area contributed by atoms with E-state index in [1.54, 1.807) is 12.1 Å². The molecule has 0 aliphatic carbocycles. The highest BCUT2D eigenvalue weighted by atomic mass is 16.5. The Balaban J connectivity index is 2.65. The third-order valence-corrected chi connectivity index (χ3v) is 2.82. The molecule has 0 unspecified atom stereocenters. The van der Waals surface area contributed by atoms with Gasteiger partial charge in [-0.05, 0) is 31.8 Å². The monoisotopic (exact) mass is 251 g/mol. The standard InChI is InChI=1S/C13H21N3O2/c1-4-16(2)8-7-15-10-5-6-12(14)11(9-10)13(17)18-3/h5-6,9,15H,4,7-8,14H2,1-3H3. The van der Waals surface area contributed by atoms with Gasteiger partial charge in [-0.2, -0.15) is 0 Å². The fraction of sp³-hybridized carbons (Fsp3) is 0.462. The van der Waals surface area contributed by atoms with E-state index in [4.69, 9.17) is 5.73 Å². The first-order valence-electron chi connectivity index (χ1n) is 5.98. The van der Waals surface area contributed by atoms with Crippen LogP contribution in [0.3, 0.4) is 0 Å². The number of methoxy groups -OCH3 is 1. The molecule has 0 atom stereocenters. The maximum Gasteiger partial charge on any atom is 0.340 e. The van der Waals surface area contributed by atoms with Gasteiger partial charge in [-0.15, -0.1) is 0 Å². The van der Waals surface area contributed by atoms with Crippen LogP contribution in [-0.4, -0.2) is 44.7 Å². The molecule has 100 valence electrons. The van der Waals surface area contributed by atoms with Gasteiger partial charge in [-0.25, -0.2) is 4.79 Å². The molecular weight excluding hydrogens is 230 g/mol. The number of ether oxygens (including phenoxy) is 1. The van der Waals surface area contributed by atoms with Crippen LogP contribution in [0.25, 0.3) is 0 Å². The predicted octanol–water partition coefficient (Wildman–Crippen LogP) is 1.42. The van der Waals surface area contributed by atoms with E-state index in [1.807, 2.05) is 6.07 Å². The largest absolute Gasteiger partial charge is 0.465 e. The minimum Gasteiger partial charge on any atom is -0.465 e. The second-order valence-electron chi connectivity index (χ2n) is 4.12. The summed E-state index contributed by atoms with van der Waals surface area (Å²) < 4.78 is 4.68. The van der Waals surface area contributed by atoms with Crippen molar-refractivity contribution < 1.29 is 9.53 Å². The molecule has 0 heterocycles. The number of nitrogens with two attached hydrogens (primary N) is 1. The number of hydrogen-bond donors (Lipinski definition) is 2. The fourth-order valence-electron chi connectivity index (χ4n) is 1.50. The molecule has 0 aliphatic rings. The van der Waals surface area contributed by atoms with E-state index in [1.165, 1.54) is 7.11 Å². The smallest absolute Gasteiger partial charge is 0.340 e. The number of esters is 1. The van der Waals surface area contributed by atoms with Gasteiger partial charge < -0.3 is 20.7 Å². The molecular formula is C13H21N3O2. The Morgan fingerprint density at radius 2 is 2.22 bits per heavy atom. The number of rotatable bonds is 6. The Bertz CT molecular complexity index is 407. The van der Waals surface area contributed by atoms with Crippen LogP contribution in [0, 0.1) is 0 Å². The summed E-state index contributed by atoms with van der Waals surface area (Å²) in [4.78, 5) is 13.7. The van der Waals surface area contributed by atoms with Crippen molar-refractivity contribution in [2.24, 2.45) is 0 Å². The number of benzene rings is 1. The molecule has 0 aliphatic heterocycles. The van der Waals surface area contributed by atoms with Gasteiger partial charge in [0.25, 0.3) is 0 Å². The van der Waals surface area contributed by atoms with Gasteiger partial charge in [-0.1, -0.05) is 6.92 Å². The molecule has 0 radical (unpaired) electrons. The molecule has 1 rings (SSSR count). The average Bonchev–Trinajstić information content (AvgIpc) is 2.39. The third kappa shape index (κ3) is 3.92. The number of anilines is 2. The first-order valence-corrected chi connectivity index (χ1v) is 5.98. The Hall–Kier alpha value is -1.75. The SMILES string of the molecule is CCN(C)CCNc1ccc(N)c(C(=O)OC)c1. The zero-order valence-electron chi connectivity index (χ0n) is 11.2. The number of carbonyl (C=O) groups excluding carboxylic acids is 1. The summed E-state index contributed by atoms with van der Waals surface area (Å²) in [6.07, 6.45) is 0. The van der Waals surface area contributed by atoms with Crippen molar-refractivity contribution in [2.45, 2.75) is 6.92 Å². The lowest BCUT2D eigenvalue weighted by Gasteiger charge is -2.15. The molecule has 1 aromatic carbocycles. The Labute approximate surface area is 108 Å². The van der Waals surface area contributed by atoms with E-state index in [0.717, 1.165) is 25.3 Å². The lowest BCUT2D eigenvalue weighted by Crippen LogP contribution is -2.24.